The molecule has 5 heteroatoms. The van der Waals surface area contributed by atoms with Crippen molar-refractivity contribution in [2.24, 2.45) is 0 Å². The number of hydrogen-bond donors (Lipinski definition) is 1. The van der Waals surface area contributed by atoms with Crippen LogP contribution in [0.3, 0.4) is 0 Å². The van der Waals surface area contributed by atoms with E-state index < -0.39 is 0 Å². The lowest BCUT2D eigenvalue weighted by Gasteiger charge is -2.28. The number of aryl methyl sites for hydroxylation is 2. The van der Waals surface area contributed by atoms with Gasteiger partial charge in [0.25, 0.3) is 5.91 Å². The zero-order chi connectivity index (χ0) is 19.5. The van der Waals surface area contributed by atoms with Crippen LogP contribution in [0.4, 0.5) is 11.4 Å². The van der Waals surface area contributed by atoms with E-state index >= 15 is 0 Å². The van der Waals surface area contributed by atoms with Crippen molar-refractivity contribution in [3.63, 3.8) is 0 Å². The Balaban J connectivity index is 1.43. The fraction of sp³-hybridized carbons (Fsp3) is 0.261. The summed E-state index contributed by atoms with van der Waals surface area (Å²) in [6.07, 6.45) is 0. The van der Waals surface area contributed by atoms with Crippen molar-refractivity contribution in [2.45, 2.75) is 13.8 Å². The van der Waals surface area contributed by atoms with E-state index in [1.807, 2.05) is 36.4 Å². The molecular weight excluding hydrogens is 352 g/mol. The van der Waals surface area contributed by atoms with Gasteiger partial charge in [-0.2, -0.15) is 0 Å². The van der Waals surface area contributed by atoms with E-state index in [0.717, 1.165) is 43.2 Å². The Bertz CT molecular complexity index is 970. The minimum Gasteiger partial charge on any atom is -0.451 e. The van der Waals surface area contributed by atoms with E-state index in [9.17, 15) is 4.79 Å². The van der Waals surface area contributed by atoms with Crippen LogP contribution in [-0.2, 0) is 4.74 Å². The molecule has 1 fully saturated rings. The maximum Gasteiger partial charge on any atom is 0.291 e. The summed E-state index contributed by atoms with van der Waals surface area (Å²) in [6, 6.07) is 17.5. The van der Waals surface area contributed by atoms with Crippen molar-refractivity contribution in [3.05, 3.63) is 71.5 Å². The average molecular weight is 376 g/mol. The number of furan rings is 1. The smallest absolute Gasteiger partial charge is 0.291 e. The lowest BCUT2D eigenvalue weighted by atomic mass is 10.1. The van der Waals surface area contributed by atoms with Gasteiger partial charge in [-0.3, -0.25) is 4.79 Å². The van der Waals surface area contributed by atoms with Crippen LogP contribution in [0.2, 0.25) is 0 Å². The molecule has 0 spiro atoms. The molecule has 2 heterocycles. The van der Waals surface area contributed by atoms with E-state index in [-0.39, 0.29) is 5.91 Å². The number of hydrogen-bond acceptors (Lipinski definition) is 4. The molecule has 28 heavy (non-hydrogen) atoms. The first-order valence-electron chi connectivity index (χ1n) is 9.52. The monoisotopic (exact) mass is 376 g/mol. The first-order valence-corrected chi connectivity index (χ1v) is 9.52. The third-order valence-electron chi connectivity index (χ3n) is 5.12. The van der Waals surface area contributed by atoms with E-state index in [0.29, 0.717) is 11.5 Å². The summed E-state index contributed by atoms with van der Waals surface area (Å²) in [6.45, 7) is 7.42. The molecule has 3 aromatic rings. The van der Waals surface area contributed by atoms with Gasteiger partial charge in [0, 0.05) is 30.0 Å². The van der Waals surface area contributed by atoms with Crippen molar-refractivity contribution in [1.82, 2.24) is 0 Å². The lowest BCUT2D eigenvalue weighted by Crippen LogP contribution is -2.36. The molecule has 1 aliphatic rings. The Kier molecular flexibility index (Phi) is 5.17. The Hall–Kier alpha value is -3.05. The third kappa shape index (κ3) is 3.94. The standard InChI is InChI=1S/C23H24N2O3/c1-16-3-4-18(15-17(16)2)21-9-10-22(28-21)23(26)24-19-5-7-20(8-6-19)25-11-13-27-14-12-25/h3-10,15H,11-14H2,1-2H3,(H,24,26). The van der Waals surface area contributed by atoms with Gasteiger partial charge in [0.2, 0.25) is 0 Å². The predicted octanol–water partition coefficient (Wildman–Crippen LogP) is 4.65. The molecule has 0 radical (unpaired) electrons. The molecule has 0 aliphatic carbocycles. The van der Waals surface area contributed by atoms with Gasteiger partial charge in [0.1, 0.15) is 5.76 Å². The number of benzene rings is 2. The van der Waals surface area contributed by atoms with Gasteiger partial charge < -0.3 is 19.4 Å². The van der Waals surface area contributed by atoms with Gasteiger partial charge >= 0.3 is 0 Å². The first kappa shape index (κ1) is 18.3. The van der Waals surface area contributed by atoms with Gasteiger partial charge in [0.15, 0.2) is 5.76 Å². The van der Waals surface area contributed by atoms with Crippen LogP contribution in [0.15, 0.2) is 59.0 Å². The third-order valence-corrected chi connectivity index (χ3v) is 5.12. The van der Waals surface area contributed by atoms with Crippen molar-refractivity contribution < 1.29 is 13.9 Å². The molecule has 1 N–H and O–H groups in total. The summed E-state index contributed by atoms with van der Waals surface area (Å²) in [5.41, 5.74) is 5.27. The predicted molar refractivity (Wildman–Crippen MR) is 111 cm³/mol. The quantitative estimate of drug-likeness (QED) is 0.720. The number of anilines is 2. The summed E-state index contributed by atoms with van der Waals surface area (Å²) in [4.78, 5) is 14.8. The number of amides is 1. The topological polar surface area (TPSA) is 54.7 Å². The minimum atomic E-state index is -0.255. The van der Waals surface area contributed by atoms with Crippen molar-refractivity contribution in [2.75, 3.05) is 36.5 Å². The highest BCUT2D eigenvalue weighted by atomic mass is 16.5. The van der Waals surface area contributed by atoms with E-state index in [1.165, 1.54) is 11.1 Å². The maximum atomic E-state index is 12.5. The molecule has 1 saturated heterocycles. The number of ether oxygens (including phenoxy) is 1. The second-order valence-electron chi connectivity index (χ2n) is 7.06. The minimum absolute atomic E-state index is 0.255. The molecule has 4 rings (SSSR count). The number of nitrogens with one attached hydrogen (secondary N) is 1. The van der Waals surface area contributed by atoms with Crippen LogP contribution in [0.5, 0.6) is 0 Å². The zero-order valence-electron chi connectivity index (χ0n) is 16.2. The highest BCUT2D eigenvalue weighted by Gasteiger charge is 2.14. The van der Waals surface area contributed by atoms with Gasteiger partial charge in [-0.15, -0.1) is 0 Å². The second-order valence-corrected chi connectivity index (χ2v) is 7.06. The van der Waals surface area contributed by atoms with Gasteiger partial charge in [-0.05, 0) is 67.4 Å². The summed E-state index contributed by atoms with van der Waals surface area (Å²) in [5, 5.41) is 2.90. The maximum absolute atomic E-state index is 12.5. The van der Waals surface area contributed by atoms with Crippen LogP contribution >= 0.6 is 0 Å². The Labute approximate surface area is 164 Å². The van der Waals surface area contributed by atoms with Crippen molar-refractivity contribution >= 4 is 17.3 Å². The second kappa shape index (κ2) is 7.90. The molecule has 144 valence electrons. The summed E-state index contributed by atoms with van der Waals surface area (Å²) < 4.78 is 11.2. The number of carbonyl (C=O) groups excluding carboxylic acids is 1. The molecule has 1 aromatic heterocycles. The fourth-order valence-electron chi connectivity index (χ4n) is 3.28. The van der Waals surface area contributed by atoms with Crippen LogP contribution in [0.1, 0.15) is 21.7 Å². The van der Waals surface area contributed by atoms with Gasteiger partial charge in [-0.25, -0.2) is 0 Å². The Morgan fingerprint density at radius 2 is 1.68 bits per heavy atom. The van der Waals surface area contributed by atoms with E-state index in [4.69, 9.17) is 9.15 Å². The SMILES string of the molecule is Cc1ccc(-c2ccc(C(=O)Nc3ccc(N4CCOCC4)cc3)o2)cc1C. The summed E-state index contributed by atoms with van der Waals surface area (Å²) >= 11 is 0. The van der Waals surface area contributed by atoms with E-state index in [1.54, 1.807) is 6.07 Å². The van der Waals surface area contributed by atoms with Crippen LogP contribution < -0.4 is 10.2 Å². The molecule has 2 aromatic carbocycles. The largest absolute Gasteiger partial charge is 0.451 e. The number of morpholine rings is 1. The fourth-order valence-corrected chi connectivity index (χ4v) is 3.28. The normalized spacial score (nSPS) is 14.1. The summed E-state index contributed by atoms with van der Waals surface area (Å²) in [7, 11) is 0. The molecule has 0 atom stereocenters. The zero-order valence-corrected chi connectivity index (χ0v) is 16.2. The average Bonchev–Trinajstić information content (AvgIpc) is 3.22. The Morgan fingerprint density at radius 1 is 0.929 bits per heavy atom. The van der Waals surface area contributed by atoms with Crippen molar-refractivity contribution in [1.29, 1.82) is 0 Å². The van der Waals surface area contributed by atoms with Crippen LogP contribution in [0.25, 0.3) is 11.3 Å². The first-order chi connectivity index (χ1) is 13.6. The molecule has 5 nitrogen and oxygen atoms in total. The van der Waals surface area contributed by atoms with Gasteiger partial charge in [-0.1, -0.05) is 12.1 Å². The summed E-state index contributed by atoms with van der Waals surface area (Å²) in [5.74, 6) is 0.732. The molecule has 0 unspecified atom stereocenters. The van der Waals surface area contributed by atoms with Gasteiger partial charge in [0.05, 0.1) is 13.2 Å². The molecule has 1 aliphatic heterocycles. The number of rotatable bonds is 4. The van der Waals surface area contributed by atoms with Crippen LogP contribution in [-0.4, -0.2) is 32.2 Å². The Morgan fingerprint density at radius 3 is 2.39 bits per heavy atom. The molecule has 1 amide bonds. The number of carbonyl (C=O) groups is 1. The van der Waals surface area contributed by atoms with Crippen molar-refractivity contribution in [3.8, 4) is 11.3 Å². The molecule has 0 saturated carbocycles. The molecule has 0 bridgehead atoms. The van der Waals surface area contributed by atoms with E-state index in [2.05, 4.69) is 36.2 Å². The van der Waals surface area contributed by atoms with Crippen LogP contribution in [0, 0.1) is 13.8 Å². The molecular formula is C23H24N2O3. The highest BCUT2D eigenvalue weighted by Crippen LogP contribution is 2.25. The lowest BCUT2D eigenvalue weighted by molar-refractivity contribution is 0.0997. The highest BCUT2D eigenvalue weighted by molar-refractivity contribution is 6.02. The number of nitrogens with zero attached hydrogens (tertiary/aromatic N) is 1.